The standard InChI is InChI=1S/C12H16O4/c1-6(2)16-11-8(9(14)10(11)15)12(4,5)7(3)13/h6H,1-5H3. The van der Waals surface area contributed by atoms with Gasteiger partial charge in [-0.3, -0.25) is 14.4 Å². The van der Waals surface area contributed by atoms with E-state index < -0.39 is 16.3 Å². The summed E-state index contributed by atoms with van der Waals surface area (Å²) in [6.07, 6.45) is -0.190. The fourth-order valence-corrected chi connectivity index (χ4v) is 1.46. The van der Waals surface area contributed by atoms with E-state index in [1.165, 1.54) is 6.92 Å². The van der Waals surface area contributed by atoms with Crippen LogP contribution in [0.5, 0.6) is 5.75 Å². The van der Waals surface area contributed by atoms with Gasteiger partial charge in [0.25, 0.3) is 5.43 Å². The SMILES string of the molecule is CC(=O)C(C)(C)c1c(OC(C)C)c(=O)c1=O. The molecule has 0 aliphatic carbocycles. The van der Waals surface area contributed by atoms with Gasteiger partial charge in [-0.2, -0.15) is 0 Å². The molecule has 0 aliphatic heterocycles. The third-order valence-electron chi connectivity index (χ3n) is 2.73. The van der Waals surface area contributed by atoms with Crippen LogP contribution < -0.4 is 15.6 Å². The van der Waals surface area contributed by atoms with Crippen molar-refractivity contribution in [3.8, 4) is 5.75 Å². The van der Waals surface area contributed by atoms with Crippen molar-refractivity contribution in [1.29, 1.82) is 0 Å². The van der Waals surface area contributed by atoms with Gasteiger partial charge in [-0.15, -0.1) is 0 Å². The molecule has 16 heavy (non-hydrogen) atoms. The summed E-state index contributed by atoms with van der Waals surface area (Å²) in [5.41, 5.74) is -1.97. The molecule has 0 saturated heterocycles. The summed E-state index contributed by atoms with van der Waals surface area (Å²) in [7, 11) is 0. The smallest absolute Gasteiger partial charge is 0.268 e. The number of rotatable bonds is 4. The van der Waals surface area contributed by atoms with Crippen LogP contribution in [0.15, 0.2) is 9.59 Å². The van der Waals surface area contributed by atoms with Gasteiger partial charge < -0.3 is 4.74 Å². The average Bonchev–Trinajstić information content (AvgIpc) is 2.15. The molecule has 0 aliphatic rings. The second-order valence-electron chi connectivity index (χ2n) is 4.71. The summed E-state index contributed by atoms with van der Waals surface area (Å²) in [4.78, 5) is 34.2. The zero-order valence-corrected chi connectivity index (χ0v) is 10.2. The minimum atomic E-state index is -0.949. The Hall–Kier alpha value is -1.45. The third kappa shape index (κ3) is 1.79. The molecule has 1 aromatic rings. The van der Waals surface area contributed by atoms with Gasteiger partial charge in [0.1, 0.15) is 5.78 Å². The van der Waals surface area contributed by atoms with E-state index in [2.05, 4.69) is 0 Å². The van der Waals surface area contributed by atoms with Crippen LogP contribution >= 0.6 is 0 Å². The van der Waals surface area contributed by atoms with Crippen LogP contribution in [0, 0.1) is 0 Å². The summed E-state index contributed by atoms with van der Waals surface area (Å²) in [5.74, 6) is -0.103. The Morgan fingerprint density at radius 1 is 1.19 bits per heavy atom. The topological polar surface area (TPSA) is 60.4 Å². The molecule has 0 unspecified atom stereocenters. The van der Waals surface area contributed by atoms with Crippen LogP contribution in [-0.4, -0.2) is 11.9 Å². The molecule has 1 aromatic carbocycles. The Labute approximate surface area is 93.9 Å². The average molecular weight is 224 g/mol. The van der Waals surface area contributed by atoms with Crippen LogP contribution in [0.4, 0.5) is 0 Å². The van der Waals surface area contributed by atoms with E-state index in [9.17, 15) is 14.4 Å². The normalized spacial score (nSPS) is 12.1. The molecule has 0 bridgehead atoms. The number of hydrogen-bond acceptors (Lipinski definition) is 4. The van der Waals surface area contributed by atoms with E-state index in [4.69, 9.17) is 4.74 Å². The number of Topliss-reactive ketones (excluding diaryl/α,β-unsaturated/α-hetero) is 1. The lowest BCUT2D eigenvalue weighted by Gasteiger charge is -2.25. The highest BCUT2D eigenvalue weighted by molar-refractivity contribution is 5.88. The van der Waals surface area contributed by atoms with Gasteiger partial charge >= 0.3 is 0 Å². The minimum absolute atomic E-state index is 0.0557. The molecule has 4 nitrogen and oxygen atoms in total. The van der Waals surface area contributed by atoms with E-state index in [1.54, 1.807) is 27.7 Å². The van der Waals surface area contributed by atoms with Crippen LogP contribution in [-0.2, 0) is 10.2 Å². The first kappa shape index (κ1) is 12.6. The Balaban J connectivity index is 3.26. The number of carbonyl (C=O) groups is 1. The molecule has 0 heterocycles. The highest BCUT2D eigenvalue weighted by Crippen LogP contribution is 2.29. The van der Waals surface area contributed by atoms with Crippen molar-refractivity contribution in [3.63, 3.8) is 0 Å². The van der Waals surface area contributed by atoms with Crippen LogP contribution in [0.25, 0.3) is 0 Å². The fraction of sp³-hybridized carbons (Fsp3) is 0.583. The summed E-state index contributed by atoms with van der Waals surface area (Å²) >= 11 is 0. The van der Waals surface area contributed by atoms with Gasteiger partial charge in [0.05, 0.1) is 17.1 Å². The molecule has 0 spiro atoms. The second kappa shape index (κ2) is 3.85. The van der Waals surface area contributed by atoms with Gasteiger partial charge in [-0.1, -0.05) is 0 Å². The summed E-state index contributed by atoms with van der Waals surface area (Å²) in [6.45, 7) is 8.18. The molecule has 0 amide bonds. The molecule has 0 N–H and O–H groups in total. The van der Waals surface area contributed by atoms with E-state index in [-0.39, 0.29) is 23.2 Å². The molecule has 0 atom stereocenters. The first-order valence-corrected chi connectivity index (χ1v) is 5.21. The molecular formula is C12H16O4. The lowest BCUT2D eigenvalue weighted by molar-refractivity contribution is -0.121. The second-order valence-corrected chi connectivity index (χ2v) is 4.71. The van der Waals surface area contributed by atoms with Gasteiger partial charge in [-0.25, -0.2) is 0 Å². The molecule has 4 heteroatoms. The highest BCUT2D eigenvalue weighted by Gasteiger charge is 2.38. The molecule has 0 aromatic heterocycles. The van der Waals surface area contributed by atoms with E-state index in [0.717, 1.165) is 0 Å². The van der Waals surface area contributed by atoms with Crippen molar-refractivity contribution >= 4 is 5.78 Å². The Kier molecular flexibility index (Phi) is 3.03. The molecule has 0 radical (unpaired) electrons. The van der Waals surface area contributed by atoms with Crippen LogP contribution in [0.1, 0.15) is 40.2 Å². The monoisotopic (exact) mass is 224 g/mol. The quantitative estimate of drug-likeness (QED) is 0.714. The molecular weight excluding hydrogens is 208 g/mol. The maximum atomic E-state index is 11.5. The Bertz CT molecular complexity index is 487. The van der Waals surface area contributed by atoms with Crippen molar-refractivity contribution in [2.24, 2.45) is 0 Å². The van der Waals surface area contributed by atoms with Gasteiger partial charge in [0.15, 0.2) is 5.75 Å². The molecule has 1 rings (SSSR count). The number of hydrogen-bond donors (Lipinski definition) is 0. The van der Waals surface area contributed by atoms with E-state index >= 15 is 0 Å². The van der Waals surface area contributed by atoms with Crippen molar-refractivity contribution in [2.45, 2.75) is 46.1 Å². The summed E-state index contributed by atoms with van der Waals surface area (Å²) in [6, 6.07) is 0. The first-order valence-electron chi connectivity index (χ1n) is 5.21. The van der Waals surface area contributed by atoms with Gasteiger partial charge in [0.2, 0.25) is 5.43 Å². The maximum absolute atomic E-state index is 11.5. The van der Waals surface area contributed by atoms with Gasteiger partial charge in [0, 0.05) is 0 Å². The van der Waals surface area contributed by atoms with E-state index in [0.29, 0.717) is 0 Å². The lowest BCUT2D eigenvalue weighted by Crippen LogP contribution is -2.46. The number of carbonyl (C=O) groups excluding carboxylic acids is 1. The molecule has 0 fully saturated rings. The van der Waals surface area contributed by atoms with Crippen molar-refractivity contribution in [2.75, 3.05) is 0 Å². The summed E-state index contributed by atoms with van der Waals surface area (Å²) < 4.78 is 5.27. The molecule has 88 valence electrons. The third-order valence-corrected chi connectivity index (χ3v) is 2.73. The minimum Gasteiger partial charge on any atom is -0.486 e. The zero-order valence-electron chi connectivity index (χ0n) is 10.2. The van der Waals surface area contributed by atoms with Crippen molar-refractivity contribution in [3.05, 3.63) is 26.0 Å². The predicted octanol–water partition coefficient (Wildman–Crippen LogP) is 0.936. The number of ketones is 1. The predicted molar refractivity (Wildman–Crippen MR) is 60.8 cm³/mol. The number of ether oxygens (including phenoxy) is 1. The fourth-order valence-electron chi connectivity index (χ4n) is 1.46. The largest absolute Gasteiger partial charge is 0.486 e. The first-order chi connectivity index (χ1) is 7.19. The lowest BCUT2D eigenvalue weighted by atomic mass is 9.78. The summed E-state index contributed by atoms with van der Waals surface area (Å²) in [5, 5.41) is 0. The Morgan fingerprint density at radius 3 is 2.06 bits per heavy atom. The van der Waals surface area contributed by atoms with Crippen molar-refractivity contribution < 1.29 is 9.53 Å². The molecule has 0 saturated carbocycles. The van der Waals surface area contributed by atoms with Crippen LogP contribution in [0.2, 0.25) is 0 Å². The maximum Gasteiger partial charge on any atom is 0.268 e. The van der Waals surface area contributed by atoms with Crippen LogP contribution in [0.3, 0.4) is 0 Å². The van der Waals surface area contributed by atoms with Crippen molar-refractivity contribution in [1.82, 2.24) is 0 Å². The zero-order chi connectivity index (χ0) is 12.7. The van der Waals surface area contributed by atoms with Gasteiger partial charge in [-0.05, 0) is 34.6 Å². The highest BCUT2D eigenvalue weighted by atomic mass is 16.5. The Morgan fingerprint density at radius 2 is 1.69 bits per heavy atom. The van der Waals surface area contributed by atoms with E-state index in [1.807, 2.05) is 0 Å².